The fraction of sp³-hybridized carbons (Fsp3) is 0.333. The molecule has 6 nitrogen and oxygen atoms in total. The number of sulfonamides is 1. The van der Waals surface area contributed by atoms with Crippen LogP contribution in [0.15, 0.2) is 72.7 Å². The average molecular weight is 500 g/mol. The number of para-hydroxylation sites is 1. The van der Waals surface area contributed by atoms with Gasteiger partial charge in [-0.1, -0.05) is 60.9 Å². The summed E-state index contributed by atoms with van der Waals surface area (Å²) < 4.78 is 30.5. The van der Waals surface area contributed by atoms with Crippen LogP contribution in [0, 0.1) is 6.92 Å². The molecule has 33 heavy (non-hydrogen) atoms. The van der Waals surface area contributed by atoms with Gasteiger partial charge in [-0.15, -0.1) is 4.40 Å². The van der Waals surface area contributed by atoms with Crippen LogP contribution in [0.3, 0.4) is 0 Å². The summed E-state index contributed by atoms with van der Waals surface area (Å²) in [6.07, 6.45) is 4.93. The Kier molecular flexibility index (Phi) is 6.05. The number of thioether (sulfide) groups is 2. The summed E-state index contributed by atoms with van der Waals surface area (Å²) in [5.41, 5.74) is 2.02. The fourth-order valence-electron chi connectivity index (χ4n) is 4.41. The lowest BCUT2D eigenvalue weighted by Gasteiger charge is -2.30. The maximum atomic E-state index is 13.7. The number of aryl methyl sites for hydroxylation is 1. The highest BCUT2D eigenvalue weighted by Gasteiger charge is 2.43. The minimum atomic E-state index is -3.94. The predicted octanol–water partition coefficient (Wildman–Crippen LogP) is 5.36. The Labute approximate surface area is 203 Å². The summed E-state index contributed by atoms with van der Waals surface area (Å²) in [6, 6.07) is 14.6. The van der Waals surface area contributed by atoms with E-state index in [0.29, 0.717) is 4.91 Å². The molecule has 1 aliphatic carbocycles. The Bertz CT molecular complexity index is 1260. The molecule has 0 aromatic heterocycles. The third kappa shape index (κ3) is 4.22. The van der Waals surface area contributed by atoms with Crippen molar-refractivity contribution in [2.75, 3.05) is 11.9 Å². The van der Waals surface area contributed by atoms with Crippen molar-refractivity contribution in [3.8, 4) is 0 Å². The van der Waals surface area contributed by atoms with Crippen LogP contribution < -0.4 is 4.90 Å². The standard InChI is InChI=1S/C24H25N3O3S3/c1-16-12-14-18(15-13-16)33(29,30)25-24-27(17-8-4-3-5-9-17)22(28)21(32-24)23-26(2)19-10-6-7-11-20(19)31-23/h6-7,10-15,17H,3-5,8-9H2,1-2H3/b23-21+,25-24+. The molecule has 3 aliphatic rings. The van der Waals surface area contributed by atoms with Crippen LogP contribution in [0.25, 0.3) is 0 Å². The van der Waals surface area contributed by atoms with Gasteiger partial charge in [-0.3, -0.25) is 9.69 Å². The molecule has 2 aliphatic heterocycles. The summed E-state index contributed by atoms with van der Waals surface area (Å²) in [5.74, 6) is -0.146. The molecule has 2 aromatic carbocycles. The fourth-order valence-corrected chi connectivity index (χ4v) is 7.98. The van der Waals surface area contributed by atoms with Crippen molar-refractivity contribution in [3.05, 3.63) is 64.0 Å². The van der Waals surface area contributed by atoms with Crippen LogP contribution in [0.4, 0.5) is 5.69 Å². The Morgan fingerprint density at radius 1 is 0.970 bits per heavy atom. The van der Waals surface area contributed by atoms with Crippen LogP contribution in [0.1, 0.15) is 37.7 Å². The number of hydrogen-bond donors (Lipinski definition) is 0. The Hall–Kier alpha value is -2.23. The van der Waals surface area contributed by atoms with E-state index in [2.05, 4.69) is 4.40 Å². The van der Waals surface area contributed by atoms with Gasteiger partial charge in [-0.25, -0.2) is 0 Å². The second-order valence-corrected chi connectivity index (χ2v) is 12.1. The molecule has 2 aromatic rings. The first-order valence-corrected chi connectivity index (χ1v) is 14.1. The number of nitrogens with zero attached hydrogens (tertiary/aromatic N) is 3. The number of amides is 1. The van der Waals surface area contributed by atoms with Crippen LogP contribution in [0.2, 0.25) is 0 Å². The molecule has 0 radical (unpaired) electrons. The van der Waals surface area contributed by atoms with Gasteiger partial charge in [-0.2, -0.15) is 8.42 Å². The molecule has 0 bridgehead atoms. The lowest BCUT2D eigenvalue weighted by Crippen LogP contribution is -2.41. The normalized spacial score (nSPS) is 23.0. The lowest BCUT2D eigenvalue weighted by atomic mass is 9.94. The van der Waals surface area contributed by atoms with Crippen LogP contribution in [-0.4, -0.2) is 37.5 Å². The highest BCUT2D eigenvalue weighted by atomic mass is 32.2. The topological polar surface area (TPSA) is 70.0 Å². The zero-order valence-corrected chi connectivity index (χ0v) is 21.0. The third-order valence-corrected chi connectivity index (χ3v) is 10.0. The number of hydrogen-bond acceptors (Lipinski definition) is 6. The molecule has 0 spiro atoms. The van der Waals surface area contributed by atoms with Crippen LogP contribution in [0.5, 0.6) is 0 Å². The van der Waals surface area contributed by atoms with Crippen molar-refractivity contribution < 1.29 is 13.2 Å². The van der Waals surface area contributed by atoms with Gasteiger partial charge in [-0.05, 0) is 55.8 Å². The summed E-state index contributed by atoms with van der Waals surface area (Å²) in [7, 11) is -2.00. The van der Waals surface area contributed by atoms with E-state index in [4.69, 9.17) is 0 Å². The minimum Gasteiger partial charge on any atom is -0.337 e. The van der Waals surface area contributed by atoms with Crippen molar-refractivity contribution in [2.45, 2.75) is 54.9 Å². The second kappa shape index (κ2) is 8.85. The van der Waals surface area contributed by atoms with E-state index in [1.807, 2.05) is 43.1 Å². The van der Waals surface area contributed by atoms with Gasteiger partial charge in [0.15, 0.2) is 5.17 Å². The van der Waals surface area contributed by atoms with Crippen molar-refractivity contribution in [3.63, 3.8) is 0 Å². The molecule has 1 saturated heterocycles. The molecule has 2 heterocycles. The van der Waals surface area contributed by atoms with Gasteiger partial charge in [0.05, 0.1) is 15.6 Å². The van der Waals surface area contributed by atoms with Crippen molar-refractivity contribution >= 4 is 50.3 Å². The van der Waals surface area contributed by atoms with Crippen molar-refractivity contribution in [1.29, 1.82) is 0 Å². The highest BCUT2D eigenvalue weighted by Crippen LogP contribution is 2.50. The minimum absolute atomic E-state index is 0.0251. The number of carbonyl (C=O) groups is 1. The predicted molar refractivity (Wildman–Crippen MR) is 135 cm³/mol. The van der Waals surface area contributed by atoms with Crippen LogP contribution >= 0.6 is 23.5 Å². The number of rotatable bonds is 3. The van der Waals surface area contributed by atoms with Gasteiger partial charge in [0, 0.05) is 18.0 Å². The van der Waals surface area contributed by atoms with E-state index in [1.54, 1.807) is 40.9 Å². The van der Waals surface area contributed by atoms with E-state index < -0.39 is 10.0 Å². The molecule has 1 amide bonds. The van der Waals surface area contributed by atoms with Crippen LogP contribution in [-0.2, 0) is 14.8 Å². The zero-order chi connectivity index (χ0) is 23.2. The lowest BCUT2D eigenvalue weighted by molar-refractivity contribution is -0.124. The number of amidine groups is 1. The molecule has 2 fully saturated rings. The zero-order valence-electron chi connectivity index (χ0n) is 18.5. The molecular formula is C24H25N3O3S3. The Balaban J connectivity index is 1.57. The molecule has 0 atom stereocenters. The summed E-state index contributed by atoms with van der Waals surface area (Å²) in [6.45, 7) is 1.91. The molecule has 1 saturated carbocycles. The summed E-state index contributed by atoms with van der Waals surface area (Å²) in [5, 5.41) is 1.09. The number of benzene rings is 2. The summed E-state index contributed by atoms with van der Waals surface area (Å²) >= 11 is 2.73. The van der Waals surface area contributed by atoms with Crippen molar-refractivity contribution in [2.24, 2.45) is 4.40 Å². The maximum Gasteiger partial charge on any atom is 0.284 e. The van der Waals surface area contributed by atoms with Gasteiger partial charge < -0.3 is 4.90 Å². The largest absolute Gasteiger partial charge is 0.337 e. The SMILES string of the molecule is Cc1ccc(S(=O)(=O)/N=C2/S/C(=C3/Sc4ccccc4N3C)C(=O)N2C2CCCCC2)cc1. The monoisotopic (exact) mass is 499 g/mol. The second-order valence-electron chi connectivity index (χ2n) is 8.49. The van der Waals surface area contributed by atoms with E-state index in [-0.39, 0.29) is 22.0 Å². The van der Waals surface area contributed by atoms with Gasteiger partial charge >= 0.3 is 0 Å². The van der Waals surface area contributed by atoms with E-state index in [1.165, 1.54) is 11.8 Å². The Morgan fingerprint density at radius 3 is 2.36 bits per heavy atom. The smallest absolute Gasteiger partial charge is 0.284 e. The van der Waals surface area contributed by atoms with E-state index in [9.17, 15) is 13.2 Å². The average Bonchev–Trinajstić information content (AvgIpc) is 3.30. The molecule has 9 heteroatoms. The molecule has 5 rings (SSSR count). The van der Waals surface area contributed by atoms with Crippen molar-refractivity contribution in [1.82, 2.24) is 4.90 Å². The maximum absolute atomic E-state index is 13.7. The third-order valence-electron chi connectivity index (χ3n) is 6.20. The first-order valence-electron chi connectivity index (χ1n) is 11.0. The molecular weight excluding hydrogens is 474 g/mol. The molecule has 0 N–H and O–H groups in total. The highest BCUT2D eigenvalue weighted by molar-refractivity contribution is 8.19. The van der Waals surface area contributed by atoms with Gasteiger partial charge in [0.2, 0.25) is 0 Å². The van der Waals surface area contributed by atoms with E-state index in [0.717, 1.165) is 53.3 Å². The number of carbonyl (C=O) groups excluding carboxylic acids is 1. The van der Waals surface area contributed by atoms with E-state index >= 15 is 0 Å². The number of anilines is 1. The first-order chi connectivity index (χ1) is 15.8. The van der Waals surface area contributed by atoms with Gasteiger partial charge in [0.25, 0.3) is 15.9 Å². The number of fused-ring (bicyclic) bond motifs is 1. The molecule has 172 valence electrons. The Morgan fingerprint density at radius 2 is 1.67 bits per heavy atom. The van der Waals surface area contributed by atoms with Gasteiger partial charge in [0.1, 0.15) is 4.91 Å². The summed E-state index contributed by atoms with van der Waals surface area (Å²) in [4.78, 5) is 19.1. The first kappa shape index (κ1) is 22.6. The molecule has 0 unspecified atom stereocenters. The quantitative estimate of drug-likeness (QED) is 0.530.